The van der Waals surface area contributed by atoms with Gasteiger partial charge in [-0.1, -0.05) is 47.5 Å². The Hall–Kier alpha value is -3.63. The highest BCUT2D eigenvalue weighted by atomic mass is 35.5. The van der Waals surface area contributed by atoms with Gasteiger partial charge < -0.3 is 10.6 Å². The summed E-state index contributed by atoms with van der Waals surface area (Å²) in [5.41, 5.74) is -1.68. The number of anilines is 1. The molecule has 0 radical (unpaired) electrons. The van der Waals surface area contributed by atoms with E-state index in [2.05, 4.69) is 20.7 Å². The molecule has 0 spiro atoms. The fourth-order valence-electron chi connectivity index (χ4n) is 3.45. The number of benzene rings is 2. The molecule has 180 valence electrons. The standard InChI is InChI=1S/C23H16Cl2F3N5O2/c1-2-29-21(34)14-10-16(25)12-6-3-4-7-13(12)19(14)31-22(35)17-11-18(23(26,27)28)32-33(17)20-15(24)8-5-9-30-20/h3-11H,2H2,1H3,(H,29,34)(H,31,35). The maximum atomic E-state index is 13.5. The molecule has 2 amide bonds. The number of hydrogen-bond donors (Lipinski definition) is 2. The summed E-state index contributed by atoms with van der Waals surface area (Å²) in [4.78, 5) is 30.0. The van der Waals surface area contributed by atoms with Crippen LogP contribution in [0, 0.1) is 0 Å². The molecule has 0 aliphatic rings. The van der Waals surface area contributed by atoms with Crippen LogP contribution in [0.3, 0.4) is 0 Å². The number of amides is 2. The lowest BCUT2D eigenvalue weighted by atomic mass is 10.0. The molecule has 0 unspecified atom stereocenters. The van der Waals surface area contributed by atoms with Crippen LogP contribution in [0.15, 0.2) is 54.7 Å². The van der Waals surface area contributed by atoms with Gasteiger partial charge in [0.25, 0.3) is 11.8 Å². The second-order valence-electron chi connectivity index (χ2n) is 7.27. The number of halogens is 5. The summed E-state index contributed by atoms with van der Waals surface area (Å²) in [5, 5.41) is 9.94. The Morgan fingerprint density at radius 3 is 2.37 bits per heavy atom. The van der Waals surface area contributed by atoms with Gasteiger partial charge in [0, 0.05) is 34.6 Å². The van der Waals surface area contributed by atoms with E-state index in [0.29, 0.717) is 28.1 Å². The molecule has 0 saturated carbocycles. The Balaban J connectivity index is 1.88. The molecule has 0 bridgehead atoms. The van der Waals surface area contributed by atoms with E-state index in [4.69, 9.17) is 23.2 Å². The first-order valence-corrected chi connectivity index (χ1v) is 11.0. The molecule has 4 aromatic rings. The van der Waals surface area contributed by atoms with Crippen LogP contribution in [0.4, 0.5) is 18.9 Å². The molecule has 2 aromatic heterocycles. The van der Waals surface area contributed by atoms with E-state index < -0.39 is 29.4 Å². The van der Waals surface area contributed by atoms with Gasteiger partial charge in [-0.25, -0.2) is 9.67 Å². The molecule has 0 aliphatic heterocycles. The number of rotatable bonds is 5. The number of hydrogen-bond acceptors (Lipinski definition) is 4. The molecular weight excluding hydrogens is 506 g/mol. The van der Waals surface area contributed by atoms with Gasteiger partial charge in [-0.15, -0.1) is 0 Å². The van der Waals surface area contributed by atoms with Crippen LogP contribution in [0.25, 0.3) is 16.6 Å². The Labute approximate surface area is 206 Å². The number of carbonyl (C=O) groups is 2. The maximum Gasteiger partial charge on any atom is 0.435 e. The number of nitrogens with one attached hydrogen (secondary N) is 2. The van der Waals surface area contributed by atoms with Crippen LogP contribution >= 0.6 is 23.2 Å². The van der Waals surface area contributed by atoms with Crippen LogP contribution in [0.2, 0.25) is 10.0 Å². The van der Waals surface area contributed by atoms with Crippen molar-refractivity contribution in [2.45, 2.75) is 13.1 Å². The van der Waals surface area contributed by atoms with Crippen molar-refractivity contribution in [2.75, 3.05) is 11.9 Å². The third-order valence-electron chi connectivity index (χ3n) is 4.99. The highest BCUT2D eigenvalue weighted by Gasteiger charge is 2.37. The largest absolute Gasteiger partial charge is 0.435 e. The zero-order valence-electron chi connectivity index (χ0n) is 18.0. The molecule has 2 heterocycles. The topological polar surface area (TPSA) is 88.9 Å². The molecular formula is C23H16Cl2F3N5O2. The normalized spacial score (nSPS) is 11.5. The Morgan fingerprint density at radius 2 is 1.71 bits per heavy atom. The summed E-state index contributed by atoms with van der Waals surface area (Å²) >= 11 is 12.5. The average Bonchev–Trinajstić information content (AvgIpc) is 3.27. The summed E-state index contributed by atoms with van der Waals surface area (Å²) in [6.45, 7) is 2.02. The number of nitrogens with zero attached hydrogens (tertiary/aromatic N) is 3. The van der Waals surface area contributed by atoms with Crippen molar-refractivity contribution < 1.29 is 22.8 Å². The van der Waals surface area contributed by atoms with Crippen molar-refractivity contribution in [3.05, 3.63) is 81.7 Å². The number of carbonyl (C=O) groups excluding carboxylic acids is 2. The van der Waals surface area contributed by atoms with Gasteiger partial charge in [-0.05, 0) is 25.1 Å². The smallest absolute Gasteiger partial charge is 0.352 e. The minimum atomic E-state index is -4.83. The van der Waals surface area contributed by atoms with Gasteiger partial charge in [0.1, 0.15) is 5.69 Å². The highest BCUT2D eigenvalue weighted by molar-refractivity contribution is 6.37. The Morgan fingerprint density at radius 1 is 1.00 bits per heavy atom. The lowest BCUT2D eigenvalue weighted by Crippen LogP contribution is -2.25. The summed E-state index contributed by atoms with van der Waals surface area (Å²) in [7, 11) is 0. The Kier molecular flexibility index (Phi) is 6.68. The van der Waals surface area contributed by atoms with Crippen molar-refractivity contribution in [1.82, 2.24) is 20.1 Å². The first kappa shape index (κ1) is 24.5. The highest BCUT2D eigenvalue weighted by Crippen LogP contribution is 2.35. The van der Waals surface area contributed by atoms with Gasteiger partial charge in [0.15, 0.2) is 11.5 Å². The van der Waals surface area contributed by atoms with Gasteiger partial charge in [-0.3, -0.25) is 9.59 Å². The van der Waals surface area contributed by atoms with E-state index in [1.54, 1.807) is 31.2 Å². The zero-order chi connectivity index (χ0) is 25.3. The van der Waals surface area contributed by atoms with Crippen LogP contribution in [0.5, 0.6) is 0 Å². The van der Waals surface area contributed by atoms with Gasteiger partial charge >= 0.3 is 6.18 Å². The van der Waals surface area contributed by atoms with Crippen molar-refractivity contribution in [3.63, 3.8) is 0 Å². The van der Waals surface area contributed by atoms with Gasteiger partial charge in [-0.2, -0.15) is 18.3 Å². The van der Waals surface area contributed by atoms with Crippen LogP contribution in [0.1, 0.15) is 33.5 Å². The molecule has 2 aromatic carbocycles. The third kappa shape index (κ3) is 4.80. The van der Waals surface area contributed by atoms with Crippen LogP contribution in [-0.2, 0) is 6.18 Å². The SMILES string of the molecule is CCNC(=O)c1cc(Cl)c2ccccc2c1NC(=O)c1cc(C(F)(F)F)nn1-c1ncccc1Cl. The molecule has 0 aliphatic carbocycles. The summed E-state index contributed by atoms with van der Waals surface area (Å²) in [5.74, 6) is -1.65. The zero-order valence-corrected chi connectivity index (χ0v) is 19.5. The third-order valence-corrected chi connectivity index (χ3v) is 5.59. The van der Waals surface area contributed by atoms with Gasteiger partial charge in [0.2, 0.25) is 0 Å². The molecule has 4 rings (SSSR count). The molecule has 0 saturated heterocycles. The predicted octanol–water partition coefficient (Wildman–Crippen LogP) is 5.75. The molecule has 12 heteroatoms. The second kappa shape index (κ2) is 9.55. The Bertz CT molecular complexity index is 1450. The number of alkyl halides is 3. The second-order valence-corrected chi connectivity index (χ2v) is 8.09. The number of pyridine rings is 1. The molecule has 7 nitrogen and oxygen atoms in total. The minimum Gasteiger partial charge on any atom is -0.352 e. The number of fused-ring (bicyclic) bond motifs is 1. The molecule has 0 atom stereocenters. The van der Waals surface area contributed by atoms with Crippen molar-refractivity contribution in [1.29, 1.82) is 0 Å². The first-order valence-electron chi connectivity index (χ1n) is 10.2. The van der Waals surface area contributed by atoms with E-state index in [-0.39, 0.29) is 27.1 Å². The minimum absolute atomic E-state index is 0.0154. The lowest BCUT2D eigenvalue weighted by Gasteiger charge is -2.16. The molecule has 0 fully saturated rings. The van der Waals surface area contributed by atoms with E-state index in [0.717, 1.165) is 0 Å². The number of aromatic nitrogens is 3. The monoisotopic (exact) mass is 521 g/mol. The molecule has 35 heavy (non-hydrogen) atoms. The first-order chi connectivity index (χ1) is 16.6. The van der Waals surface area contributed by atoms with E-state index in [1.807, 2.05) is 0 Å². The van der Waals surface area contributed by atoms with E-state index in [9.17, 15) is 22.8 Å². The average molecular weight is 522 g/mol. The van der Waals surface area contributed by atoms with Crippen molar-refractivity contribution in [2.24, 2.45) is 0 Å². The fraction of sp³-hybridized carbons (Fsp3) is 0.130. The van der Waals surface area contributed by atoms with E-state index >= 15 is 0 Å². The predicted molar refractivity (Wildman–Crippen MR) is 126 cm³/mol. The summed E-state index contributed by atoms with van der Waals surface area (Å²) in [6, 6.07) is 11.6. The fourth-order valence-corrected chi connectivity index (χ4v) is 3.93. The van der Waals surface area contributed by atoms with Gasteiger partial charge in [0.05, 0.1) is 16.3 Å². The lowest BCUT2D eigenvalue weighted by molar-refractivity contribution is -0.141. The summed E-state index contributed by atoms with van der Waals surface area (Å²) in [6.07, 6.45) is -3.53. The maximum absolute atomic E-state index is 13.5. The van der Waals surface area contributed by atoms with Crippen molar-refractivity contribution in [3.8, 4) is 5.82 Å². The van der Waals surface area contributed by atoms with Crippen molar-refractivity contribution >= 4 is 51.5 Å². The van der Waals surface area contributed by atoms with Crippen LogP contribution < -0.4 is 10.6 Å². The quantitative estimate of drug-likeness (QED) is 0.350. The van der Waals surface area contributed by atoms with E-state index in [1.165, 1.54) is 24.4 Å². The molecule has 2 N–H and O–H groups in total. The summed E-state index contributed by atoms with van der Waals surface area (Å²) < 4.78 is 41.1. The van der Waals surface area contributed by atoms with Crippen LogP contribution in [-0.4, -0.2) is 33.1 Å².